The summed E-state index contributed by atoms with van der Waals surface area (Å²) in [6.07, 6.45) is 5.38. The van der Waals surface area contributed by atoms with Crippen LogP contribution in [0, 0.1) is 24.2 Å². The van der Waals surface area contributed by atoms with Crippen molar-refractivity contribution in [3.63, 3.8) is 0 Å². The topological polar surface area (TPSA) is 85.6 Å². The molecule has 0 saturated heterocycles. The highest BCUT2D eigenvalue weighted by molar-refractivity contribution is 5.82. The maximum atomic E-state index is 13.3. The summed E-state index contributed by atoms with van der Waals surface area (Å²) in [7, 11) is 0. The van der Waals surface area contributed by atoms with E-state index in [0.29, 0.717) is 29.4 Å². The predicted molar refractivity (Wildman–Crippen MR) is 111 cm³/mol. The van der Waals surface area contributed by atoms with Gasteiger partial charge >= 0.3 is 11.6 Å². The van der Waals surface area contributed by atoms with Gasteiger partial charge in [-0.25, -0.2) is 4.79 Å². The summed E-state index contributed by atoms with van der Waals surface area (Å²) in [6, 6.07) is 7.07. The summed E-state index contributed by atoms with van der Waals surface area (Å²) < 4.78 is 11.1. The number of ether oxygens (including phenoxy) is 1. The first-order valence-electron chi connectivity index (χ1n) is 10.8. The Morgan fingerprint density at radius 1 is 1.17 bits per heavy atom. The number of aryl methyl sites for hydroxylation is 1. The molecule has 4 bridgehead atoms. The van der Waals surface area contributed by atoms with Gasteiger partial charge in [-0.3, -0.25) is 9.59 Å². The van der Waals surface area contributed by atoms with Gasteiger partial charge < -0.3 is 14.5 Å². The molecule has 0 aliphatic heterocycles. The van der Waals surface area contributed by atoms with E-state index < -0.39 is 11.0 Å². The third kappa shape index (κ3) is 3.22. The standard InChI is InChI=1S/C24H27NO5/c1-14-3-4-19-18(7-21(27)30-20(19)5-14)12-29-22(28)23-8-16-6-17(9-23)11-24(10-16,13-23)25-15(2)26/h3-5,7,16-17H,6,8-13H2,1-2H3,(H,25,26). The van der Waals surface area contributed by atoms with Crippen LogP contribution in [-0.4, -0.2) is 17.4 Å². The molecule has 4 fully saturated rings. The van der Waals surface area contributed by atoms with Crippen LogP contribution in [0.5, 0.6) is 0 Å². The molecule has 1 N–H and O–H groups in total. The smallest absolute Gasteiger partial charge is 0.336 e. The average molecular weight is 409 g/mol. The zero-order valence-electron chi connectivity index (χ0n) is 17.5. The molecule has 158 valence electrons. The molecule has 1 heterocycles. The fourth-order valence-electron chi connectivity index (χ4n) is 6.77. The minimum atomic E-state index is -0.529. The Hall–Kier alpha value is -2.63. The Balaban J connectivity index is 1.39. The fraction of sp³-hybridized carbons (Fsp3) is 0.542. The molecule has 30 heavy (non-hydrogen) atoms. The normalized spacial score (nSPS) is 31.7. The van der Waals surface area contributed by atoms with Crippen LogP contribution in [-0.2, 0) is 20.9 Å². The Morgan fingerprint density at radius 3 is 2.60 bits per heavy atom. The lowest BCUT2D eigenvalue weighted by atomic mass is 9.47. The largest absolute Gasteiger partial charge is 0.460 e. The van der Waals surface area contributed by atoms with Crippen LogP contribution in [0.3, 0.4) is 0 Å². The van der Waals surface area contributed by atoms with Crippen molar-refractivity contribution < 1.29 is 18.7 Å². The lowest BCUT2D eigenvalue weighted by Crippen LogP contribution is -2.64. The van der Waals surface area contributed by atoms with Crippen molar-refractivity contribution in [1.82, 2.24) is 5.32 Å². The van der Waals surface area contributed by atoms with Crippen LogP contribution in [0.15, 0.2) is 33.5 Å². The van der Waals surface area contributed by atoms with Gasteiger partial charge in [-0.15, -0.1) is 0 Å². The fourth-order valence-corrected chi connectivity index (χ4v) is 6.77. The summed E-state index contributed by atoms with van der Waals surface area (Å²) >= 11 is 0. The van der Waals surface area contributed by atoms with E-state index >= 15 is 0 Å². The number of rotatable bonds is 4. The highest BCUT2D eigenvalue weighted by Crippen LogP contribution is 2.62. The van der Waals surface area contributed by atoms with Gasteiger partial charge in [-0.05, 0) is 68.9 Å². The van der Waals surface area contributed by atoms with E-state index in [1.54, 1.807) is 6.92 Å². The van der Waals surface area contributed by atoms with Gasteiger partial charge in [0, 0.05) is 29.5 Å². The maximum Gasteiger partial charge on any atom is 0.336 e. The van der Waals surface area contributed by atoms with E-state index in [1.165, 1.54) is 6.07 Å². The number of fused-ring (bicyclic) bond motifs is 1. The summed E-state index contributed by atoms with van der Waals surface area (Å²) in [5.74, 6) is 0.689. The van der Waals surface area contributed by atoms with Gasteiger partial charge in [-0.2, -0.15) is 0 Å². The van der Waals surface area contributed by atoms with Gasteiger partial charge in [0.05, 0.1) is 5.41 Å². The summed E-state index contributed by atoms with van der Waals surface area (Å²) in [5.41, 5.74) is 0.921. The van der Waals surface area contributed by atoms with E-state index in [9.17, 15) is 14.4 Å². The Kier molecular flexibility index (Phi) is 4.31. The molecule has 4 aliphatic carbocycles. The van der Waals surface area contributed by atoms with E-state index in [-0.39, 0.29) is 24.0 Å². The monoisotopic (exact) mass is 409 g/mol. The van der Waals surface area contributed by atoms with Crippen LogP contribution >= 0.6 is 0 Å². The number of amides is 1. The highest BCUT2D eigenvalue weighted by Gasteiger charge is 2.61. The number of esters is 1. The van der Waals surface area contributed by atoms with Crippen LogP contribution < -0.4 is 10.9 Å². The Bertz CT molecular complexity index is 1090. The molecule has 1 aromatic heterocycles. The van der Waals surface area contributed by atoms with Crippen molar-refractivity contribution >= 4 is 22.8 Å². The van der Waals surface area contributed by atoms with Crippen molar-refractivity contribution in [2.24, 2.45) is 17.3 Å². The average Bonchev–Trinajstić information content (AvgIpc) is 2.63. The second kappa shape index (κ2) is 6.69. The van der Waals surface area contributed by atoms with Gasteiger partial charge in [0.1, 0.15) is 12.2 Å². The van der Waals surface area contributed by atoms with E-state index in [2.05, 4.69) is 5.32 Å². The quantitative estimate of drug-likeness (QED) is 0.616. The first-order valence-corrected chi connectivity index (χ1v) is 10.8. The summed E-state index contributed by atoms with van der Waals surface area (Å²) in [4.78, 5) is 37.1. The van der Waals surface area contributed by atoms with Crippen molar-refractivity contribution in [2.75, 3.05) is 0 Å². The first-order chi connectivity index (χ1) is 14.3. The molecule has 2 unspecified atom stereocenters. The second-order valence-electron chi connectivity index (χ2n) is 9.87. The molecule has 2 aromatic rings. The molecule has 6 heteroatoms. The van der Waals surface area contributed by atoms with Crippen LogP contribution in [0.4, 0.5) is 0 Å². The number of hydrogen-bond acceptors (Lipinski definition) is 5. The van der Waals surface area contributed by atoms with Crippen molar-refractivity contribution in [1.29, 1.82) is 0 Å². The van der Waals surface area contributed by atoms with E-state index in [1.807, 2.05) is 25.1 Å². The number of carbonyl (C=O) groups excluding carboxylic acids is 2. The van der Waals surface area contributed by atoms with Gasteiger partial charge in [0.15, 0.2) is 0 Å². The molecule has 1 aromatic carbocycles. The third-order valence-corrected chi connectivity index (χ3v) is 7.28. The van der Waals surface area contributed by atoms with Crippen molar-refractivity contribution in [2.45, 2.75) is 64.5 Å². The van der Waals surface area contributed by atoms with Crippen molar-refractivity contribution in [3.8, 4) is 0 Å². The Labute approximate surface area is 175 Å². The molecule has 6 rings (SSSR count). The molecule has 4 saturated carbocycles. The zero-order valence-corrected chi connectivity index (χ0v) is 17.5. The summed E-state index contributed by atoms with van der Waals surface area (Å²) in [6.45, 7) is 3.54. The minimum absolute atomic E-state index is 0.0294. The lowest BCUT2D eigenvalue weighted by Gasteiger charge is -2.60. The molecule has 2 atom stereocenters. The maximum absolute atomic E-state index is 13.3. The number of benzene rings is 1. The zero-order chi connectivity index (χ0) is 21.1. The van der Waals surface area contributed by atoms with Crippen LogP contribution in [0.25, 0.3) is 11.0 Å². The van der Waals surface area contributed by atoms with Gasteiger partial charge in [0.2, 0.25) is 5.91 Å². The van der Waals surface area contributed by atoms with Crippen molar-refractivity contribution in [3.05, 3.63) is 45.8 Å². The van der Waals surface area contributed by atoms with E-state index in [4.69, 9.17) is 9.15 Å². The molecular weight excluding hydrogens is 382 g/mol. The predicted octanol–water partition coefficient (Wildman–Crippen LogP) is 3.62. The van der Waals surface area contributed by atoms with E-state index in [0.717, 1.165) is 43.1 Å². The summed E-state index contributed by atoms with van der Waals surface area (Å²) in [5, 5.41) is 3.96. The minimum Gasteiger partial charge on any atom is -0.460 e. The highest BCUT2D eigenvalue weighted by atomic mass is 16.5. The molecule has 0 radical (unpaired) electrons. The Morgan fingerprint density at radius 2 is 1.90 bits per heavy atom. The number of nitrogens with one attached hydrogen (secondary N) is 1. The van der Waals surface area contributed by atoms with Gasteiger partial charge in [0.25, 0.3) is 0 Å². The molecule has 1 amide bonds. The molecule has 0 spiro atoms. The molecule has 4 aliphatic rings. The molecular formula is C24H27NO5. The van der Waals surface area contributed by atoms with Gasteiger partial charge in [-0.1, -0.05) is 12.1 Å². The molecule has 6 nitrogen and oxygen atoms in total. The van der Waals surface area contributed by atoms with Crippen LogP contribution in [0.1, 0.15) is 56.6 Å². The SMILES string of the molecule is CC(=O)NC12CC3CC(C1)CC(C(=O)OCc1cc(=O)oc4cc(C)ccc14)(C3)C2. The van der Waals surface area contributed by atoms with Crippen LogP contribution in [0.2, 0.25) is 0 Å². The second-order valence-corrected chi connectivity index (χ2v) is 9.87. The lowest BCUT2D eigenvalue weighted by molar-refractivity contribution is -0.177. The number of carbonyl (C=O) groups is 2. The number of hydrogen-bond donors (Lipinski definition) is 1. The third-order valence-electron chi connectivity index (χ3n) is 7.28. The first kappa shape index (κ1) is 19.3.